The molecule has 3 rings (SSSR count). The average molecular weight is 373 g/mol. The predicted octanol–water partition coefficient (Wildman–Crippen LogP) is 3.83. The molecule has 0 fully saturated rings. The highest BCUT2D eigenvalue weighted by Crippen LogP contribution is 2.20. The molecule has 0 spiro atoms. The van der Waals surface area contributed by atoms with E-state index in [1.165, 1.54) is 24.3 Å². The van der Waals surface area contributed by atoms with Crippen molar-refractivity contribution in [2.75, 3.05) is 11.1 Å². The Balaban J connectivity index is 1.46. The lowest BCUT2D eigenvalue weighted by atomic mass is 10.2. The number of nitrogens with zero attached hydrogens (tertiary/aromatic N) is 2. The Morgan fingerprint density at radius 1 is 1.19 bits per heavy atom. The number of carbonyl (C=O) groups excluding carboxylic acids is 1. The van der Waals surface area contributed by atoms with E-state index < -0.39 is 0 Å². The number of anilines is 1. The van der Waals surface area contributed by atoms with Gasteiger partial charge in [0.05, 0.1) is 5.75 Å². The maximum Gasteiger partial charge on any atom is 0.277 e. The Hall–Kier alpha value is -2.87. The van der Waals surface area contributed by atoms with Crippen LogP contribution in [0.5, 0.6) is 5.75 Å². The molecule has 3 aromatic rings. The van der Waals surface area contributed by atoms with Gasteiger partial charge in [-0.15, -0.1) is 10.2 Å². The second-order valence-electron chi connectivity index (χ2n) is 5.36. The molecular formula is C18H16FN3O3S. The summed E-state index contributed by atoms with van der Waals surface area (Å²) in [6.45, 7) is 2.10. The number of nitrogens with one attached hydrogen (secondary N) is 1. The molecule has 1 heterocycles. The largest absolute Gasteiger partial charge is 0.484 e. The number of para-hydroxylation sites is 1. The zero-order valence-corrected chi connectivity index (χ0v) is 14.8. The summed E-state index contributed by atoms with van der Waals surface area (Å²) >= 11 is 1.11. The summed E-state index contributed by atoms with van der Waals surface area (Å²) in [4.78, 5) is 11.9. The van der Waals surface area contributed by atoms with Crippen LogP contribution >= 0.6 is 11.8 Å². The maximum absolute atomic E-state index is 12.8. The summed E-state index contributed by atoms with van der Waals surface area (Å²) in [6.07, 6.45) is 0. The molecule has 0 aliphatic rings. The standard InChI is InChI=1S/C18H16FN3O3S/c1-12-4-2-3-5-15(12)24-10-17-21-22-18(25-17)26-11-16(23)20-14-8-6-13(19)7-9-14/h2-9H,10-11H2,1H3,(H,20,23). The van der Waals surface area contributed by atoms with E-state index in [9.17, 15) is 9.18 Å². The molecule has 1 amide bonds. The van der Waals surface area contributed by atoms with Crippen LogP contribution in [-0.4, -0.2) is 21.9 Å². The van der Waals surface area contributed by atoms with Crippen LogP contribution in [0.25, 0.3) is 0 Å². The molecule has 2 aromatic carbocycles. The van der Waals surface area contributed by atoms with Gasteiger partial charge in [0.25, 0.3) is 11.1 Å². The van der Waals surface area contributed by atoms with Crippen LogP contribution in [0.3, 0.4) is 0 Å². The Morgan fingerprint density at radius 2 is 1.96 bits per heavy atom. The fourth-order valence-electron chi connectivity index (χ4n) is 2.07. The number of benzene rings is 2. The summed E-state index contributed by atoms with van der Waals surface area (Å²) < 4.78 is 23.9. The van der Waals surface area contributed by atoms with Gasteiger partial charge < -0.3 is 14.5 Å². The van der Waals surface area contributed by atoms with E-state index in [1.54, 1.807) is 0 Å². The van der Waals surface area contributed by atoms with Gasteiger partial charge in [-0.1, -0.05) is 30.0 Å². The maximum atomic E-state index is 12.8. The Morgan fingerprint density at radius 3 is 2.73 bits per heavy atom. The molecule has 0 bridgehead atoms. The number of thioether (sulfide) groups is 1. The van der Waals surface area contributed by atoms with Gasteiger partial charge in [0.15, 0.2) is 6.61 Å². The molecule has 0 unspecified atom stereocenters. The monoisotopic (exact) mass is 373 g/mol. The predicted molar refractivity (Wildman–Crippen MR) is 95.6 cm³/mol. The van der Waals surface area contributed by atoms with E-state index in [-0.39, 0.29) is 29.3 Å². The number of hydrogen-bond acceptors (Lipinski definition) is 6. The third-order valence-electron chi connectivity index (χ3n) is 3.35. The van der Waals surface area contributed by atoms with Crippen LogP contribution in [-0.2, 0) is 11.4 Å². The SMILES string of the molecule is Cc1ccccc1OCc1nnc(SCC(=O)Nc2ccc(F)cc2)o1. The average Bonchev–Trinajstić information content (AvgIpc) is 3.09. The van der Waals surface area contributed by atoms with Crippen LogP contribution in [0.15, 0.2) is 58.2 Å². The molecule has 26 heavy (non-hydrogen) atoms. The molecule has 8 heteroatoms. The molecule has 0 aliphatic heterocycles. The highest BCUT2D eigenvalue weighted by molar-refractivity contribution is 7.99. The minimum atomic E-state index is -0.358. The van der Waals surface area contributed by atoms with Gasteiger partial charge in [-0.05, 0) is 42.8 Å². The summed E-state index contributed by atoms with van der Waals surface area (Å²) in [5, 5.41) is 10.7. The quantitative estimate of drug-likeness (QED) is 0.634. The lowest BCUT2D eigenvalue weighted by molar-refractivity contribution is -0.113. The second-order valence-corrected chi connectivity index (χ2v) is 6.29. The minimum Gasteiger partial charge on any atom is -0.484 e. The van der Waals surface area contributed by atoms with Crippen LogP contribution in [0.1, 0.15) is 11.5 Å². The number of aryl methyl sites for hydroxylation is 1. The van der Waals surface area contributed by atoms with Crippen molar-refractivity contribution < 1.29 is 18.3 Å². The van der Waals surface area contributed by atoms with Gasteiger partial charge in [0, 0.05) is 5.69 Å². The van der Waals surface area contributed by atoms with Crippen molar-refractivity contribution in [3.05, 3.63) is 65.8 Å². The van der Waals surface area contributed by atoms with Gasteiger partial charge in [0.2, 0.25) is 5.91 Å². The van der Waals surface area contributed by atoms with E-state index in [0.29, 0.717) is 11.6 Å². The fourth-order valence-corrected chi connectivity index (χ4v) is 2.65. The number of amides is 1. The molecule has 0 aliphatic carbocycles. The first-order valence-corrected chi connectivity index (χ1v) is 8.78. The van der Waals surface area contributed by atoms with Crippen molar-refractivity contribution in [2.24, 2.45) is 0 Å². The van der Waals surface area contributed by atoms with E-state index in [2.05, 4.69) is 15.5 Å². The topological polar surface area (TPSA) is 77.2 Å². The molecule has 0 radical (unpaired) electrons. The third-order valence-corrected chi connectivity index (χ3v) is 4.17. The molecule has 0 atom stereocenters. The van der Waals surface area contributed by atoms with Crippen molar-refractivity contribution >= 4 is 23.4 Å². The molecule has 6 nitrogen and oxygen atoms in total. The molecule has 0 saturated carbocycles. The van der Waals surface area contributed by atoms with Crippen LogP contribution in [0.4, 0.5) is 10.1 Å². The number of rotatable bonds is 7. The van der Waals surface area contributed by atoms with E-state index >= 15 is 0 Å². The van der Waals surface area contributed by atoms with Crippen LogP contribution < -0.4 is 10.1 Å². The zero-order chi connectivity index (χ0) is 18.4. The summed E-state index contributed by atoms with van der Waals surface area (Å²) in [5.74, 6) is 0.562. The van der Waals surface area contributed by atoms with Crippen molar-refractivity contribution in [3.8, 4) is 5.75 Å². The molecule has 0 saturated heterocycles. The molecular weight excluding hydrogens is 357 g/mol. The van der Waals surface area contributed by atoms with Crippen molar-refractivity contribution in [3.63, 3.8) is 0 Å². The van der Waals surface area contributed by atoms with Gasteiger partial charge in [-0.2, -0.15) is 0 Å². The Labute approximate surface area is 153 Å². The number of hydrogen-bond donors (Lipinski definition) is 1. The number of carbonyl (C=O) groups is 1. The first kappa shape index (κ1) is 17.9. The van der Waals surface area contributed by atoms with Crippen molar-refractivity contribution in [1.29, 1.82) is 0 Å². The van der Waals surface area contributed by atoms with Crippen molar-refractivity contribution in [1.82, 2.24) is 10.2 Å². The molecule has 1 N–H and O–H groups in total. The number of halogens is 1. The number of ether oxygens (including phenoxy) is 1. The first-order valence-electron chi connectivity index (χ1n) is 7.79. The molecule has 134 valence electrons. The highest BCUT2D eigenvalue weighted by Gasteiger charge is 2.11. The summed E-state index contributed by atoms with van der Waals surface area (Å²) in [5.41, 5.74) is 1.54. The second kappa shape index (κ2) is 8.48. The Bertz CT molecular complexity index is 883. The van der Waals surface area contributed by atoms with Gasteiger partial charge in [0.1, 0.15) is 11.6 Å². The first-order chi connectivity index (χ1) is 12.6. The zero-order valence-electron chi connectivity index (χ0n) is 13.9. The molecule has 1 aromatic heterocycles. The Kier molecular flexibility index (Phi) is 5.85. The van der Waals surface area contributed by atoms with E-state index in [1.807, 2.05) is 31.2 Å². The highest BCUT2D eigenvalue weighted by atomic mass is 32.2. The smallest absolute Gasteiger partial charge is 0.277 e. The normalized spacial score (nSPS) is 10.5. The van der Waals surface area contributed by atoms with E-state index in [0.717, 1.165) is 23.1 Å². The minimum absolute atomic E-state index is 0.0949. The van der Waals surface area contributed by atoms with Crippen LogP contribution in [0.2, 0.25) is 0 Å². The van der Waals surface area contributed by atoms with Gasteiger partial charge in [-0.25, -0.2) is 4.39 Å². The number of aromatic nitrogens is 2. The lowest BCUT2D eigenvalue weighted by Gasteiger charge is -2.05. The third kappa shape index (κ3) is 5.06. The van der Waals surface area contributed by atoms with Gasteiger partial charge in [-0.3, -0.25) is 4.79 Å². The summed E-state index contributed by atoms with van der Waals surface area (Å²) in [7, 11) is 0. The van der Waals surface area contributed by atoms with E-state index in [4.69, 9.17) is 9.15 Å². The summed E-state index contributed by atoms with van der Waals surface area (Å²) in [6, 6.07) is 13.2. The van der Waals surface area contributed by atoms with Crippen LogP contribution in [0, 0.1) is 12.7 Å². The lowest BCUT2D eigenvalue weighted by Crippen LogP contribution is -2.13. The van der Waals surface area contributed by atoms with Crippen molar-refractivity contribution in [2.45, 2.75) is 18.8 Å². The van der Waals surface area contributed by atoms with Gasteiger partial charge >= 0.3 is 0 Å². The fraction of sp³-hybridized carbons (Fsp3) is 0.167.